The van der Waals surface area contributed by atoms with Crippen LogP contribution in [0.25, 0.3) is 0 Å². The highest BCUT2D eigenvalue weighted by atomic mass is 32.2. The fourth-order valence-electron chi connectivity index (χ4n) is 1.21. The molecule has 4 nitrogen and oxygen atoms in total. The Morgan fingerprint density at radius 3 is 1.58 bits per heavy atom. The predicted octanol–water partition coefficient (Wildman–Crippen LogP) is 2.32. The summed E-state index contributed by atoms with van der Waals surface area (Å²) in [4.78, 5) is -2.20. The predicted molar refractivity (Wildman–Crippen MR) is 54.6 cm³/mol. The third-order valence-corrected chi connectivity index (χ3v) is 2.70. The van der Waals surface area contributed by atoms with Crippen LogP contribution in [0.15, 0.2) is 4.90 Å². The summed E-state index contributed by atoms with van der Waals surface area (Å²) < 4.78 is 89.9. The number of ether oxygens (including phenoxy) is 1. The van der Waals surface area contributed by atoms with Gasteiger partial charge >= 0.3 is 0 Å². The summed E-state index contributed by atoms with van der Waals surface area (Å²) in [6.07, 6.45) is 0. The highest BCUT2D eigenvalue weighted by molar-refractivity contribution is 7.85. The van der Waals surface area contributed by atoms with Crippen molar-refractivity contribution < 1.29 is 35.3 Å². The van der Waals surface area contributed by atoms with Crippen LogP contribution in [0.5, 0.6) is 5.75 Å². The van der Waals surface area contributed by atoms with Crippen LogP contribution >= 0.6 is 0 Å². The SMILES string of the molecule is CC(C)(C)Oc1c(F)c(F)c(S(=O)(=O)[O-])c(F)c1F. The van der Waals surface area contributed by atoms with Crippen molar-refractivity contribution in [2.45, 2.75) is 31.3 Å². The number of rotatable bonds is 2. The van der Waals surface area contributed by atoms with Crippen molar-refractivity contribution in [3.8, 4) is 5.75 Å². The molecule has 0 unspecified atom stereocenters. The molecule has 0 heterocycles. The molecule has 0 aliphatic carbocycles. The van der Waals surface area contributed by atoms with Gasteiger partial charge in [-0.25, -0.2) is 17.2 Å². The Balaban J connectivity index is 3.67. The Morgan fingerprint density at radius 2 is 1.32 bits per heavy atom. The minimum absolute atomic E-state index is 1.20. The summed E-state index contributed by atoms with van der Waals surface area (Å²) in [5, 5.41) is 0. The van der Waals surface area contributed by atoms with Crippen LogP contribution in [0.2, 0.25) is 0 Å². The molecule has 0 saturated heterocycles. The monoisotopic (exact) mass is 301 g/mol. The largest absolute Gasteiger partial charge is 0.744 e. The molecule has 0 saturated carbocycles. The summed E-state index contributed by atoms with van der Waals surface area (Å²) >= 11 is 0. The highest BCUT2D eigenvalue weighted by Crippen LogP contribution is 2.34. The van der Waals surface area contributed by atoms with E-state index >= 15 is 0 Å². The number of hydrogen-bond donors (Lipinski definition) is 0. The molecule has 108 valence electrons. The van der Waals surface area contributed by atoms with E-state index in [0.29, 0.717) is 0 Å². The Bertz CT molecular complexity index is 590. The van der Waals surface area contributed by atoms with Gasteiger partial charge in [0.2, 0.25) is 11.6 Å². The average Bonchev–Trinajstić information content (AvgIpc) is 2.18. The first-order valence-electron chi connectivity index (χ1n) is 4.87. The van der Waals surface area contributed by atoms with E-state index < -0.39 is 49.6 Å². The molecule has 0 radical (unpaired) electrons. The summed E-state index contributed by atoms with van der Waals surface area (Å²) in [6.45, 7) is 4.04. The minimum atomic E-state index is -5.71. The Kier molecular flexibility index (Phi) is 3.83. The van der Waals surface area contributed by atoms with Crippen LogP contribution in [-0.4, -0.2) is 18.6 Å². The Morgan fingerprint density at radius 1 is 0.947 bits per heavy atom. The molecule has 9 heteroatoms. The van der Waals surface area contributed by atoms with Crippen molar-refractivity contribution in [2.75, 3.05) is 0 Å². The molecule has 19 heavy (non-hydrogen) atoms. The van der Waals surface area contributed by atoms with Gasteiger partial charge in [0.25, 0.3) is 0 Å². The number of hydrogen-bond acceptors (Lipinski definition) is 4. The second-order valence-corrected chi connectivity index (χ2v) is 5.90. The Labute approximate surface area is 106 Å². The molecule has 0 aliphatic heterocycles. The lowest BCUT2D eigenvalue weighted by atomic mass is 10.2. The van der Waals surface area contributed by atoms with Crippen molar-refractivity contribution in [1.29, 1.82) is 0 Å². The van der Waals surface area contributed by atoms with E-state index in [1.165, 1.54) is 20.8 Å². The summed E-state index contributed by atoms with van der Waals surface area (Å²) in [5.74, 6) is -10.2. The van der Waals surface area contributed by atoms with Gasteiger partial charge in [-0.3, -0.25) is 0 Å². The molecule has 0 atom stereocenters. The molecule has 1 aromatic rings. The van der Waals surface area contributed by atoms with E-state index in [1.807, 2.05) is 0 Å². The van der Waals surface area contributed by atoms with Crippen LogP contribution in [-0.2, 0) is 10.1 Å². The van der Waals surface area contributed by atoms with E-state index in [4.69, 9.17) is 0 Å². The molecule has 0 aromatic heterocycles. The second kappa shape index (κ2) is 4.64. The van der Waals surface area contributed by atoms with E-state index in [0.717, 1.165) is 0 Å². The fourth-order valence-corrected chi connectivity index (χ4v) is 1.82. The van der Waals surface area contributed by atoms with Gasteiger partial charge in [-0.1, -0.05) is 0 Å². The summed E-state index contributed by atoms with van der Waals surface area (Å²) in [5.41, 5.74) is -1.20. The van der Waals surface area contributed by atoms with Gasteiger partial charge in [0.15, 0.2) is 17.4 Å². The third kappa shape index (κ3) is 3.16. The van der Waals surface area contributed by atoms with Gasteiger partial charge in [0.1, 0.15) is 20.6 Å². The van der Waals surface area contributed by atoms with Gasteiger partial charge in [-0.05, 0) is 20.8 Å². The summed E-state index contributed by atoms with van der Waals surface area (Å²) in [6, 6.07) is 0. The Hall–Kier alpha value is -1.35. The standard InChI is InChI=1S/C10H10F4O4S/c1-10(2,3)18-8-4(11)6(13)9(19(15,16)17)7(14)5(8)12/h1-3H3,(H,15,16,17)/p-1. The van der Waals surface area contributed by atoms with Crippen LogP contribution in [0.4, 0.5) is 17.6 Å². The van der Waals surface area contributed by atoms with Crippen LogP contribution in [0, 0.1) is 23.3 Å². The van der Waals surface area contributed by atoms with Crippen LogP contribution < -0.4 is 4.74 Å². The first-order valence-corrected chi connectivity index (χ1v) is 6.28. The molecule has 1 rings (SSSR count). The summed E-state index contributed by atoms with van der Waals surface area (Å²) in [7, 11) is -5.71. The first-order chi connectivity index (χ1) is 8.36. The quantitative estimate of drug-likeness (QED) is 0.477. The van der Waals surface area contributed by atoms with Gasteiger partial charge in [0, 0.05) is 0 Å². The zero-order valence-corrected chi connectivity index (χ0v) is 10.9. The highest BCUT2D eigenvalue weighted by Gasteiger charge is 2.31. The molecule has 0 spiro atoms. The first kappa shape index (κ1) is 15.7. The average molecular weight is 301 g/mol. The molecule has 0 aliphatic rings. The van der Waals surface area contributed by atoms with E-state index in [2.05, 4.69) is 4.74 Å². The molecule has 1 aromatic carbocycles. The van der Waals surface area contributed by atoms with E-state index in [9.17, 15) is 30.5 Å². The van der Waals surface area contributed by atoms with Crippen LogP contribution in [0.3, 0.4) is 0 Å². The maximum absolute atomic E-state index is 13.5. The molecular formula is C10H9F4O4S-. The van der Waals surface area contributed by atoms with Crippen molar-refractivity contribution in [2.24, 2.45) is 0 Å². The third-order valence-electron chi connectivity index (χ3n) is 1.84. The molecule has 0 fully saturated rings. The topological polar surface area (TPSA) is 66.4 Å². The number of halogens is 4. The van der Waals surface area contributed by atoms with Crippen molar-refractivity contribution in [3.05, 3.63) is 23.3 Å². The van der Waals surface area contributed by atoms with Gasteiger partial charge in [0.05, 0.1) is 0 Å². The lowest BCUT2D eigenvalue weighted by Crippen LogP contribution is -2.25. The normalized spacial score (nSPS) is 12.6. The van der Waals surface area contributed by atoms with E-state index in [1.54, 1.807) is 0 Å². The van der Waals surface area contributed by atoms with Gasteiger partial charge < -0.3 is 9.29 Å². The van der Waals surface area contributed by atoms with Gasteiger partial charge in [-0.2, -0.15) is 8.78 Å². The second-order valence-electron chi connectivity index (χ2n) is 4.58. The van der Waals surface area contributed by atoms with E-state index in [-0.39, 0.29) is 0 Å². The lowest BCUT2D eigenvalue weighted by Gasteiger charge is -2.23. The number of benzene rings is 1. The fraction of sp³-hybridized carbons (Fsp3) is 0.400. The zero-order valence-electron chi connectivity index (χ0n) is 10.1. The molecular weight excluding hydrogens is 292 g/mol. The zero-order chi connectivity index (χ0) is 15.2. The minimum Gasteiger partial charge on any atom is -0.744 e. The lowest BCUT2D eigenvalue weighted by molar-refractivity contribution is 0.113. The maximum atomic E-state index is 13.5. The molecule has 0 bridgehead atoms. The van der Waals surface area contributed by atoms with Gasteiger partial charge in [-0.15, -0.1) is 0 Å². The molecule has 0 amide bonds. The van der Waals surface area contributed by atoms with Crippen LogP contribution in [0.1, 0.15) is 20.8 Å². The van der Waals surface area contributed by atoms with Crippen molar-refractivity contribution in [3.63, 3.8) is 0 Å². The molecule has 0 N–H and O–H groups in total. The van der Waals surface area contributed by atoms with Crippen molar-refractivity contribution in [1.82, 2.24) is 0 Å². The maximum Gasteiger partial charge on any atom is 0.205 e. The smallest absolute Gasteiger partial charge is 0.205 e. The van der Waals surface area contributed by atoms with Crippen molar-refractivity contribution >= 4 is 10.1 Å².